The van der Waals surface area contributed by atoms with E-state index >= 15 is 0 Å². The third-order valence-corrected chi connectivity index (χ3v) is 6.34. The van der Waals surface area contributed by atoms with E-state index in [4.69, 9.17) is 4.74 Å². The number of carbonyl (C=O) groups is 3. The molecule has 0 amide bonds. The number of carbonyl (C=O) groups excluding carboxylic acids is 3. The van der Waals surface area contributed by atoms with Gasteiger partial charge in [-0.25, -0.2) is 0 Å². The Labute approximate surface area is 176 Å². The van der Waals surface area contributed by atoms with E-state index < -0.39 is 74.3 Å². The number of ketones is 2. The smallest absolute Gasteiger partial charge is 0.316 e. The second-order valence-electron chi connectivity index (χ2n) is 7.76. The van der Waals surface area contributed by atoms with Crippen molar-refractivity contribution in [2.45, 2.75) is 37.7 Å². The van der Waals surface area contributed by atoms with Crippen LogP contribution in [0, 0.1) is 0 Å². The zero-order valence-corrected chi connectivity index (χ0v) is 16.7. The number of fused-ring (bicyclic) bond motifs is 3. The van der Waals surface area contributed by atoms with Crippen LogP contribution in [0.4, 0.5) is 0 Å². The molecule has 0 saturated heterocycles. The van der Waals surface area contributed by atoms with Gasteiger partial charge in [0.05, 0.1) is 35.0 Å². The number of esters is 1. The largest absolute Gasteiger partial charge is 0.507 e. The number of hydrogen-bond donors (Lipinski definition) is 5. The Balaban J connectivity index is 2.09. The van der Waals surface area contributed by atoms with Gasteiger partial charge < -0.3 is 30.3 Å². The summed E-state index contributed by atoms with van der Waals surface area (Å²) < 4.78 is 4.81. The summed E-state index contributed by atoms with van der Waals surface area (Å²) >= 11 is 0. The topological polar surface area (TPSA) is 162 Å². The van der Waals surface area contributed by atoms with Gasteiger partial charge in [-0.1, -0.05) is 6.92 Å². The van der Waals surface area contributed by atoms with E-state index in [2.05, 4.69) is 0 Å². The van der Waals surface area contributed by atoms with Crippen molar-refractivity contribution in [2.75, 3.05) is 7.11 Å². The summed E-state index contributed by atoms with van der Waals surface area (Å²) in [4.78, 5) is 38.9. The Hall–Kier alpha value is -3.59. The highest BCUT2D eigenvalue weighted by atomic mass is 16.5. The number of aromatic hydroxyl groups is 4. The van der Waals surface area contributed by atoms with E-state index in [1.54, 1.807) is 6.92 Å². The molecule has 0 aromatic heterocycles. The molecule has 0 saturated carbocycles. The molecular weight excluding hydrogens is 408 g/mol. The van der Waals surface area contributed by atoms with Crippen LogP contribution in [0.25, 0.3) is 0 Å². The zero-order chi connectivity index (χ0) is 22.8. The molecule has 2 aliphatic carbocycles. The maximum atomic E-state index is 13.2. The van der Waals surface area contributed by atoms with E-state index in [0.717, 1.165) is 19.2 Å². The van der Waals surface area contributed by atoms with Crippen molar-refractivity contribution in [3.05, 3.63) is 45.5 Å². The first kappa shape index (κ1) is 20.7. The third kappa shape index (κ3) is 2.56. The van der Waals surface area contributed by atoms with Gasteiger partial charge in [-0.15, -0.1) is 0 Å². The van der Waals surface area contributed by atoms with Crippen molar-refractivity contribution >= 4 is 17.5 Å². The molecule has 2 aliphatic rings. The van der Waals surface area contributed by atoms with Crippen LogP contribution in [0.2, 0.25) is 0 Å². The molecule has 31 heavy (non-hydrogen) atoms. The van der Waals surface area contributed by atoms with Gasteiger partial charge in [0.1, 0.15) is 28.9 Å². The van der Waals surface area contributed by atoms with Crippen molar-refractivity contribution < 1.29 is 44.7 Å². The van der Waals surface area contributed by atoms with Crippen LogP contribution in [-0.4, -0.2) is 55.8 Å². The van der Waals surface area contributed by atoms with Gasteiger partial charge in [0.15, 0.2) is 0 Å². The molecule has 0 fully saturated rings. The normalized spacial score (nSPS) is 21.8. The Morgan fingerprint density at radius 2 is 1.52 bits per heavy atom. The van der Waals surface area contributed by atoms with Gasteiger partial charge in [-0.2, -0.15) is 0 Å². The summed E-state index contributed by atoms with van der Waals surface area (Å²) in [5, 5.41) is 53.3. The molecule has 2 aromatic carbocycles. The van der Waals surface area contributed by atoms with E-state index in [-0.39, 0.29) is 30.4 Å². The minimum atomic E-state index is -1.61. The summed E-state index contributed by atoms with van der Waals surface area (Å²) in [5.41, 5.74) is -3.92. The number of phenolic OH excluding ortho intramolecular Hbond substituents is 4. The number of phenols is 4. The predicted octanol–water partition coefficient (Wildman–Crippen LogP) is 1.63. The lowest BCUT2D eigenvalue weighted by Crippen LogP contribution is -2.44. The molecule has 5 N–H and O–H groups in total. The molecule has 2 aromatic rings. The Morgan fingerprint density at radius 3 is 2.00 bits per heavy atom. The van der Waals surface area contributed by atoms with E-state index in [1.165, 1.54) is 0 Å². The van der Waals surface area contributed by atoms with Gasteiger partial charge in [0.2, 0.25) is 11.6 Å². The molecule has 9 nitrogen and oxygen atoms in total. The molecule has 2 unspecified atom stereocenters. The highest BCUT2D eigenvalue weighted by molar-refractivity contribution is 6.32. The second-order valence-corrected chi connectivity index (χ2v) is 7.76. The lowest BCUT2D eigenvalue weighted by atomic mass is 9.67. The molecule has 0 heterocycles. The van der Waals surface area contributed by atoms with E-state index in [0.29, 0.717) is 0 Å². The van der Waals surface area contributed by atoms with Crippen molar-refractivity contribution in [1.82, 2.24) is 0 Å². The Kier molecular flexibility index (Phi) is 4.48. The van der Waals surface area contributed by atoms with Gasteiger partial charge in [0.25, 0.3) is 0 Å². The monoisotopic (exact) mass is 428 g/mol. The number of rotatable bonds is 2. The van der Waals surface area contributed by atoms with Crippen LogP contribution in [0.5, 0.6) is 23.0 Å². The number of benzene rings is 2. The van der Waals surface area contributed by atoms with Crippen molar-refractivity contribution in [1.29, 1.82) is 0 Å². The molecule has 4 rings (SSSR count). The zero-order valence-electron chi connectivity index (χ0n) is 16.7. The summed E-state index contributed by atoms with van der Waals surface area (Å²) in [5.74, 6) is -6.80. The first-order chi connectivity index (χ1) is 14.6. The van der Waals surface area contributed by atoms with E-state index in [9.17, 15) is 39.9 Å². The number of hydrogen-bond acceptors (Lipinski definition) is 9. The van der Waals surface area contributed by atoms with Gasteiger partial charge in [0, 0.05) is 11.1 Å². The summed E-state index contributed by atoms with van der Waals surface area (Å²) in [6.45, 7) is 1.64. The van der Waals surface area contributed by atoms with Crippen LogP contribution < -0.4 is 0 Å². The maximum absolute atomic E-state index is 13.2. The standard InChI is InChI=1S/C22H20O9/c1-3-22(30)7-6-8-11(16(22)21(29)31-2)18(26)15-14(17(8)25)19(27)12-9(23)4-5-10(24)13(12)20(15)28/h4-5,16,23-26,30H,3,6-7H2,1-2H3. The van der Waals surface area contributed by atoms with Crippen molar-refractivity contribution in [2.24, 2.45) is 0 Å². The van der Waals surface area contributed by atoms with Gasteiger partial charge in [-0.3, -0.25) is 14.4 Å². The molecule has 0 bridgehead atoms. The molecular formula is C22H20O9. The van der Waals surface area contributed by atoms with Gasteiger partial charge >= 0.3 is 5.97 Å². The van der Waals surface area contributed by atoms with Crippen molar-refractivity contribution in [3.8, 4) is 23.0 Å². The summed E-state index contributed by atoms with van der Waals surface area (Å²) in [6.07, 6.45) is 0.168. The number of methoxy groups -OCH3 is 1. The highest BCUT2D eigenvalue weighted by Crippen LogP contribution is 2.53. The third-order valence-electron chi connectivity index (χ3n) is 6.34. The van der Waals surface area contributed by atoms with Crippen LogP contribution in [0.15, 0.2) is 12.1 Å². The minimum absolute atomic E-state index is 0.0141. The highest BCUT2D eigenvalue weighted by Gasteiger charge is 2.51. The fourth-order valence-corrected chi connectivity index (χ4v) is 4.68. The average Bonchev–Trinajstić information content (AvgIpc) is 2.75. The second kappa shape index (κ2) is 6.71. The summed E-state index contributed by atoms with van der Waals surface area (Å²) in [6, 6.07) is 2.06. The number of ether oxygens (including phenoxy) is 1. The van der Waals surface area contributed by atoms with Crippen LogP contribution >= 0.6 is 0 Å². The molecule has 0 aliphatic heterocycles. The molecule has 0 radical (unpaired) electrons. The SMILES string of the molecule is CCC1(O)CCc2c(O)c3c(c(O)c2C1C(=O)OC)C(=O)c1c(O)ccc(O)c1C3=O. The fraction of sp³-hybridized carbons (Fsp3) is 0.318. The van der Waals surface area contributed by atoms with Crippen LogP contribution in [-0.2, 0) is 16.0 Å². The van der Waals surface area contributed by atoms with Gasteiger partial charge in [-0.05, 0) is 31.4 Å². The lowest BCUT2D eigenvalue weighted by molar-refractivity contribution is -0.151. The number of aliphatic hydroxyl groups is 1. The average molecular weight is 428 g/mol. The summed E-state index contributed by atoms with van der Waals surface area (Å²) in [7, 11) is 1.10. The van der Waals surface area contributed by atoms with Crippen LogP contribution in [0.3, 0.4) is 0 Å². The fourth-order valence-electron chi connectivity index (χ4n) is 4.68. The quantitative estimate of drug-likeness (QED) is 0.302. The Morgan fingerprint density at radius 1 is 1.00 bits per heavy atom. The van der Waals surface area contributed by atoms with E-state index in [1.807, 2.05) is 0 Å². The van der Waals surface area contributed by atoms with Crippen LogP contribution in [0.1, 0.15) is 68.7 Å². The first-order valence-corrected chi connectivity index (χ1v) is 9.64. The predicted molar refractivity (Wildman–Crippen MR) is 105 cm³/mol. The minimum Gasteiger partial charge on any atom is -0.507 e. The maximum Gasteiger partial charge on any atom is 0.316 e. The lowest BCUT2D eigenvalue weighted by Gasteiger charge is -2.40. The molecule has 0 spiro atoms. The first-order valence-electron chi connectivity index (χ1n) is 9.64. The molecule has 2 atom stereocenters. The Bertz CT molecular complexity index is 1180. The van der Waals surface area contributed by atoms with Crippen molar-refractivity contribution in [3.63, 3.8) is 0 Å². The molecule has 9 heteroatoms. The molecule has 162 valence electrons.